The summed E-state index contributed by atoms with van der Waals surface area (Å²) >= 11 is 0. The highest BCUT2D eigenvalue weighted by molar-refractivity contribution is 6.09. The topological polar surface area (TPSA) is 52.7 Å². The van der Waals surface area contributed by atoms with E-state index < -0.39 is 0 Å². The fraction of sp³-hybridized carbons (Fsp3) is 0.212. The number of hydrogen-bond donors (Lipinski definition) is 1. The van der Waals surface area contributed by atoms with Crippen molar-refractivity contribution in [3.8, 4) is 11.1 Å². The van der Waals surface area contributed by atoms with Crippen LogP contribution in [0, 0.1) is 6.92 Å². The van der Waals surface area contributed by atoms with Gasteiger partial charge in [0.05, 0.1) is 0 Å². The van der Waals surface area contributed by atoms with Crippen LogP contribution in [0.2, 0.25) is 0 Å². The molecule has 2 amide bonds. The first-order chi connectivity index (χ1) is 18.4. The van der Waals surface area contributed by atoms with E-state index in [0.29, 0.717) is 23.4 Å². The molecule has 0 radical (unpaired) electrons. The predicted molar refractivity (Wildman–Crippen MR) is 155 cm³/mol. The van der Waals surface area contributed by atoms with E-state index >= 15 is 0 Å². The van der Waals surface area contributed by atoms with Crippen LogP contribution in [0.25, 0.3) is 11.1 Å². The van der Waals surface area contributed by atoms with Gasteiger partial charge in [-0.2, -0.15) is 0 Å². The van der Waals surface area contributed by atoms with E-state index in [1.807, 2.05) is 78.6 Å². The molecule has 0 saturated carbocycles. The number of anilines is 2. The molecule has 0 aliphatic carbocycles. The predicted octanol–water partition coefficient (Wildman–Crippen LogP) is 6.96. The molecule has 1 aliphatic heterocycles. The summed E-state index contributed by atoms with van der Waals surface area (Å²) in [5, 5.41) is 3.00. The fourth-order valence-electron chi connectivity index (χ4n) is 5.20. The van der Waals surface area contributed by atoms with Crippen molar-refractivity contribution in [2.75, 3.05) is 30.9 Å². The van der Waals surface area contributed by atoms with Crippen molar-refractivity contribution in [2.45, 2.75) is 25.8 Å². The van der Waals surface area contributed by atoms with Gasteiger partial charge in [0.15, 0.2) is 0 Å². The van der Waals surface area contributed by atoms with Crippen LogP contribution < -0.4 is 10.2 Å². The van der Waals surface area contributed by atoms with Crippen LogP contribution in [-0.2, 0) is 0 Å². The first kappa shape index (κ1) is 25.4. The van der Waals surface area contributed by atoms with Gasteiger partial charge in [-0.3, -0.25) is 9.59 Å². The second-order valence-electron chi connectivity index (χ2n) is 10.1. The zero-order valence-corrected chi connectivity index (χ0v) is 22.1. The Labute approximate surface area is 224 Å². The number of nitrogens with one attached hydrogen (secondary N) is 1. The molecule has 0 fully saturated rings. The van der Waals surface area contributed by atoms with E-state index in [2.05, 4.69) is 30.4 Å². The van der Waals surface area contributed by atoms with Gasteiger partial charge in [-0.25, -0.2) is 0 Å². The molecule has 1 aliphatic rings. The average molecular weight is 504 g/mol. The Bertz CT molecular complexity index is 1440. The fourth-order valence-corrected chi connectivity index (χ4v) is 5.20. The summed E-state index contributed by atoms with van der Waals surface area (Å²) in [4.78, 5) is 30.9. The molecule has 5 nitrogen and oxygen atoms in total. The number of rotatable bonds is 5. The molecule has 0 aromatic heterocycles. The Hall–Kier alpha value is -4.22. The Kier molecular flexibility index (Phi) is 7.38. The minimum atomic E-state index is -0.184. The molecule has 4 aromatic rings. The lowest BCUT2D eigenvalue weighted by Gasteiger charge is -2.27. The van der Waals surface area contributed by atoms with Crippen molar-refractivity contribution in [1.82, 2.24) is 4.90 Å². The number of benzene rings is 4. The number of aryl methyl sites for hydroxylation is 1. The van der Waals surface area contributed by atoms with Crippen molar-refractivity contribution in [3.63, 3.8) is 0 Å². The molecule has 5 heteroatoms. The van der Waals surface area contributed by atoms with Crippen LogP contribution >= 0.6 is 0 Å². The van der Waals surface area contributed by atoms with Gasteiger partial charge in [-0.1, -0.05) is 66.2 Å². The second-order valence-corrected chi connectivity index (χ2v) is 10.1. The van der Waals surface area contributed by atoms with Crippen LogP contribution in [0.4, 0.5) is 11.4 Å². The van der Waals surface area contributed by atoms with E-state index in [-0.39, 0.29) is 17.9 Å². The summed E-state index contributed by atoms with van der Waals surface area (Å²) in [6.45, 7) is 2.72. The third-order valence-corrected chi connectivity index (χ3v) is 7.24. The van der Waals surface area contributed by atoms with Crippen molar-refractivity contribution in [1.29, 1.82) is 0 Å². The molecule has 4 aromatic carbocycles. The molecule has 1 unspecified atom stereocenters. The maximum atomic E-state index is 13.6. The smallest absolute Gasteiger partial charge is 0.258 e. The van der Waals surface area contributed by atoms with Crippen molar-refractivity contribution in [3.05, 3.63) is 119 Å². The highest BCUT2D eigenvalue weighted by atomic mass is 16.2. The van der Waals surface area contributed by atoms with Gasteiger partial charge in [0, 0.05) is 35.1 Å². The molecular formula is C33H33N3O2. The summed E-state index contributed by atoms with van der Waals surface area (Å²) in [6, 6.07) is 31.4. The highest BCUT2D eigenvalue weighted by Crippen LogP contribution is 2.36. The first-order valence-corrected chi connectivity index (χ1v) is 13.1. The van der Waals surface area contributed by atoms with Crippen LogP contribution in [0.1, 0.15) is 50.7 Å². The van der Waals surface area contributed by atoms with Crippen molar-refractivity contribution in [2.24, 2.45) is 0 Å². The van der Waals surface area contributed by atoms with Gasteiger partial charge in [-0.15, -0.1) is 0 Å². The third-order valence-electron chi connectivity index (χ3n) is 7.24. The van der Waals surface area contributed by atoms with Gasteiger partial charge in [-0.05, 0) is 86.9 Å². The van der Waals surface area contributed by atoms with Gasteiger partial charge in [0.2, 0.25) is 0 Å². The molecule has 1 N–H and O–H groups in total. The van der Waals surface area contributed by atoms with E-state index in [9.17, 15) is 9.59 Å². The number of carbonyl (C=O) groups is 2. The molecule has 1 atom stereocenters. The van der Waals surface area contributed by atoms with Crippen LogP contribution in [0.5, 0.6) is 0 Å². The summed E-state index contributed by atoms with van der Waals surface area (Å²) in [5.74, 6) is -0.212. The lowest BCUT2D eigenvalue weighted by atomic mass is 9.98. The summed E-state index contributed by atoms with van der Waals surface area (Å²) in [6.07, 6.45) is 1.93. The zero-order chi connectivity index (χ0) is 26.6. The lowest BCUT2D eigenvalue weighted by Crippen LogP contribution is -2.31. The number of amides is 2. The molecule has 0 spiro atoms. The Morgan fingerprint density at radius 3 is 2.26 bits per heavy atom. The Balaban J connectivity index is 1.35. The molecule has 5 rings (SSSR count). The monoisotopic (exact) mass is 503 g/mol. The van der Waals surface area contributed by atoms with Gasteiger partial charge in [0.25, 0.3) is 11.8 Å². The maximum absolute atomic E-state index is 13.6. The van der Waals surface area contributed by atoms with Crippen LogP contribution in [0.3, 0.4) is 0 Å². The van der Waals surface area contributed by atoms with E-state index in [4.69, 9.17) is 0 Å². The van der Waals surface area contributed by atoms with Crippen LogP contribution in [-0.4, -0.2) is 37.4 Å². The first-order valence-electron chi connectivity index (χ1n) is 13.1. The standard InChI is InChI=1S/C33H33N3O2/c1-23-14-16-24(17-15-23)27-9-4-5-10-28(27)32(37)34-26-20-18-25(19-21-26)33(38)36-22-8-13-30(35(2)3)29-11-6-7-12-31(29)36/h4-7,9-12,14-21,30H,8,13,22H2,1-3H3,(H,34,37). The largest absolute Gasteiger partial charge is 0.322 e. The number of carbonyl (C=O) groups excluding carboxylic acids is 2. The highest BCUT2D eigenvalue weighted by Gasteiger charge is 2.28. The molecule has 192 valence electrons. The molecule has 38 heavy (non-hydrogen) atoms. The zero-order valence-electron chi connectivity index (χ0n) is 22.1. The van der Waals surface area contributed by atoms with Gasteiger partial charge in [0.1, 0.15) is 0 Å². The minimum absolute atomic E-state index is 0.0283. The van der Waals surface area contributed by atoms with Gasteiger partial charge < -0.3 is 15.1 Å². The number of para-hydroxylation sites is 1. The molecule has 0 saturated heterocycles. The Morgan fingerprint density at radius 1 is 0.842 bits per heavy atom. The second kappa shape index (κ2) is 11.0. The third kappa shape index (κ3) is 5.24. The van der Waals surface area contributed by atoms with Crippen molar-refractivity contribution >= 4 is 23.2 Å². The number of fused-ring (bicyclic) bond motifs is 1. The number of hydrogen-bond acceptors (Lipinski definition) is 3. The van der Waals surface area contributed by atoms with Gasteiger partial charge >= 0.3 is 0 Å². The van der Waals surface area contributed by atoms with Crippen molar-refractivity contribution < 1.29 is 9.59 Å². The van der Waals surface area contributed by atoms with Crippen LogP contribution in [0.15, 0.2) is 97.1 Å². The molecule has 1 heterocycles. The van der Waals surface area contributed by atoms with E-state index in [1.165, 1.54) is 11.1 Å². The maximum Gasteiger partial charge on any atom is 0.258 e. The summed E-state index contributed by atoms with van der Waals surface area (Å²) < 4.78 is 0. The minimum Gasteiger partial charge on any atom is -0.322 e. The SMILES string of the molecule is Cc1ccc(-c2ccccc2C(=O)Nc2ccc(C(=O)N3CCCC(N(C)C)c4ccccc43)cc2)cc1. The summed E-state index contributed by atoms with van der Waals surface area (Å²) in [5.41, 5.74) is 7.05. The normalized spacial score (nSPS) is 15.1. The van der Waals surface area contributed by atoms with E-state index in [0.717, 1.165) is 29.7 Å². The van der Waals surface area contributed by atoms with E-state index in [1.54, 1.807) is 24.3 Å². The quantitative estimate of drug-likeness (QED) is 0.320. The molecular weight excluding hydrogens is 470 g/mol. The molecule has 0 bridgehead atoms. The number of nitrogens with zero attached hydrogens (tertiary/aromatic N) is 2. The summed E-state index contributed by atoms with van der Waals surface area (Å²) in [7, 11) is 4.18. The Morgan fingerprint density at radius 2 is 1.53 bits per heavy atom. The average Bonchev–Trinajstić information content (AvgIpc) is 3.13. The lowest BCUT2D eigenvalue weighted by molar-refractivity contribution is 0.0985.